The highest BCUT2D eigenvalue weighted by Gasteiger charge is 2.14. The molecular weight excluding hydrogens is 295 g/mol. The number of nitrogens with zero attached hydrogens (tertiary/aromatic N) is 3. The molecule has 2 aromatic rings. The van der Waals surface area contributed by atoms with Gasteiger partial charge in [-0.15, -0.1) is 0 Å². The van der Waals surface area contributed by atoms with Gasteiger partial charge in [-0.25, -0.2) is 9.37 Å². The van der Waals surface area contributed by atoms with Crippen molar-refractivity contribution in [2.75, 3.05) is 36.5 Å². The number of morpholine rings is 1. The molecule has 6 heteroatoms. The molecule has 1 fully saturated rings. The first kappa shape index (κ1) is 15.3. The number of halogens is 1. The topological polar surface area (TPSA) is 61.2 Å². The molecule has 1 aliphatic rings. The zero-order valence-corrected chi connectivity index (χ0v) is 12.8. The zero-order valence-electron chi connectivity index (χ0n) is 12.8. The highest BCUT2D eigenvalue weighted by molar-refractivity contribution is 5.68. The number of pyridine rings is 1. The highest BCUT2D eigenvalue weighted by atomic mass is 19.1. The Morgan fingerprint density at radius 1 is 1.22 bits per heavy atom. The van der Waals surface area contributed by atoms with Crippen LogP contribution in [-0.4, -0.2) is 31.3 Å². The third-order valence-corrected chi connectivity index (χ3v) is 3.80. The summed E-state index contributed by atoms with van der Waals surface area (Å²) in [5, 5.41) is 12.2. The molecule has 23 heavy (non-hydrogen) atoms. The lowest BCUT2D eigenvalue weighted by molar-refractivity contribution is 0.122. The maximum Gasteiger partial charge on any atom is 0.143 e. The summed E-state index contributed by atoms with van der Waals surface area (Å²) in [6.45, 7) is 4.94. The normalized spacial score (nSPS) is 14.4. The smallest absolute Gasteiger partial charge is 0.143 e. The maximum atomic E-state index is 13.7. The van der Waals surface area contributed by atoms with Crippen molar-refractivity contribution in [3.63, 3.8) is 0 Å². The molecule has 1 N–H and O–H groups in total. The monoisotopic (exact) mass is 312 g/mol. The fourth-order valence-electron chi connectivity index (χ4n) is 2.54. The van der Waals surface area contributed by atoms with E-state index in [4.69, 9.17) is 10.00 Å². The fraction of sp³-hybridized carbons (Fsp3) is 0.294. The Morgan fingerprint density at radius 3 is 2.70 bits per heavy atom. The number of ether oxygens (including phenoxy) is 1. The molecule has 0 aliphatic carbocycles. The molecule has 0 radical (unpaired) electrons. The van der Waals surface area contributed by atoms with E-state index >= 15 is 0 Å². The van der Waals surface area contributed by atoms with Crippen molar-refractivity contribution < 1.29 is 9.13 Å². The van der Waals surface area contributed by atoms with E-state index in [1.54, 1.807) is 12.1 Å². The molecule has 3 rings (SSSR count). The number of aromatic nitrogens is 1. The lowest BCUT2D eigenvalue weighted by atomic mass is 10.1. The molecule has 0 bridgehead atoms. The minimum absolute atomic E-state index is 0.00385. The molecule has 5 nitrogen and oxygen atoms in total. The van der Waals surface area contributed by atoms with E-state index in [2.05, 4.69) is 15.2 Å². The lowest BCUT2D eigenvalue weighted by Gasteiger charge is -2.28. The first-order valence-corrected chi connectivity index (χ1v) is 7.45. The molecule has 1 aliphatic heterocycles. The van der Waals surface area contributed by atoms with Crippen LogP contribution in [0.2, 0.25) is 0 Å². The van der Waals surface area contributed by atoms with Crippen molar-refractivity contribution in [2.24, 2.45) is 0 Å². The summed E-state index contributed by atoms with van der Waals surface area (Å²) >= 11 is 0. The quantitative estimate of drug-likeness (QED) is 0.944. The summed E-state index contributed by atoms with van der Waals surface area (Å²) in [6, 6.07) is 10.2. The first-order chi connectivity index (χ1) is 11.2. The van der Waals surface area contributed by atoms with Gasteiger partial charge >= 0.3 is 0 Å². The molecule has 1 saturated heterocycles. The summed E-state index contributed by atoms with van der Waals surface area (Å²) in [7, 11) is 0. The number of benzene rings is 1. The Bertz CT molecular complexity index is 751. The van der Waals surface area contributed by atoms with Crippen molar-refractivity contribution in [1.82, 2.24) is 4.98 Å². The van der Waals surface area contributed by atoms with Gasteiger partial charge in [0.15, 0.2) is 0 Å². The van der Waals surface area contributed by atoms with Gasteiger partial charge in [-0.1, -0.05) is 6.07 Å². The number of anilines is 3. The molecule has 0 unspecified atom stereocenters. The fourth-order valence-corrected chi connectivity index (χ4v) is 2.54. The number of hydrogen-bond donors (Lipinski definition) is 1. The number of aryl methyl sites for hydroxylation is 1. The third-order valence-electron chi connectivity index (χ3n) is 3.80. The van der Waals surface area contributed by atoms with Crippen LogP contribution in [0.1, 0.15) is 11.3 Å². The van der Waals surface area contributed by atoms with Crippen LogP contribution in [-0.2, 0) is 4.74 Å². The Morgan fingerprint density at radius 2 is 2.00 bits per heavy atom. The van der Waals surface area contributed by atoms with Gasteiger partial charge in [0.05, 0.1) is 30.3 Å². The summed E-state index contributed by atoms with van der Waals surface area (Å²) in [5.74, 6) is 0.365. The predicted octanol–water partition coefficient (Wildman–Crippen LogP) is 2.98. The van der Waals surface area contributed by atoms with Gasteiger partial charge in [-0.3, -0.25) is 0 Å². The van der Waals surface area contributed by atoms with Gasteiger partial charge in [0, 0.05) is 13.1 Å². The van der Waals surface area contributed by atoms with Gasteiger partial charge in [-0.05, 0) is 31.2 Å². The molecule has 2 heterocycles. The molecule has 1 aromatic heterocycles. The van der Waals surface area contributed by atoms with Gasteiger partial charge in [-0.2, -0.15) is 5.26 Å². The summed E-state index contributed by atoms with van der Waals surface area (Å²) in [5.41, 5.74) is 1.99. The van der Waals surface area contributed by atoms with Gasteiger partial charge in [0.1, 0.15) is 23.3 Å². The van der Waals surface area contributed by atoms with E-state index in [1.807, 2.05) is 25.1 Å². The van der Waals surface area contributed by atoms with E-state index in [1.165, 1.54) is 6.07 Å². The maximum absolute atomic E-state index is 13.7. The van der Waals surface area contributed by atoms with Gasteiger partial charge in [0.25, 0.3) is 0 Å². The Balaban J connectivity index is 1.84. The van der Waals surface area contributed by atoms with Crippen molar-refractivity contribution in [3.8, 4) is 6.07 Å². The molecule has 0 spiro atoms. The molecule has 1 aromatic carbocycles. The number of hydrogen-bond acceptors (Lipinski definition) is 5. The van der Waals surface area contributed by atoms with Crippen LogP contribution < -0.4 is 10.2 Å². The van der Waals surface area contributed by atoms with E-state index in [-0.39, 0.29) is 5.56 Å². The molecular formula is C17H17FN4O. The Hall–Kier alpha value is -2.65. The SMILES string of the molecule is Cc1nc(N2CCOCC2)ccc1Nc1cccc(F)c1C#N. The summed E-state index contributed by atoms with van der Waals surface area (Å²) < 4.78 is 19.0. The summed E-state index contributed by atoms with van der Waals surface area (Å²) in [6.07, 6.45) is 0. The van der Waals surface area contributed by atoms with E-state index < -0.39 is 5.82 Å². The molecule has 0 amide bonds. The van der Waals surface area contributed by atoms with E-state index in [0.717, 1.165) is 30.3 Å². The molecule has 118 valence electrons. The Kier molecular flexibility index (Phi) is 4.40. The van der Waals surface area contributed by atoms with Crippen LogP contribution in [0.15, 0.2) is 30.3 Å². The third kappa shape index (κ3) is 3.25. The van der Waals surface area contributed by atoms with E-state index in [0.29, 0.717) is 18.9 Å². The minimum Gasteiger partial charge on any atom is -0.378 e. The van der Waals surface area contributed by atoms with Crippen molar-refractivity contribution in [2.45, 2.75) is 6.92 Å². The largest absolute Gasteiger partial charge is 0.378 e. The first-order valence-electron chi connectivity index (χ1n) is 7.45. The van der Waals surface area contributed by atoms with Crippen LogP contribution in [0.25, 0.3) is 0 Å². The second-order valence-corrected chi connectivity index (χ2v) is 5.30. The highest BCUT2D eigenvalue weighted by Crippen LogP contribution is 2.26. The molecule has 0 saturated carbocycles. The summed E-state index contributed by atoms with van der Waals surface area (Å²) in [4.78, 5) is 6.77. The number of nitrogens with one attached hydrogen (secondary N) is 1. The second-order valence-electron chi connectivity index (χ2n) is 5.30. The van der Waals surface area contributed by atoms with Gasteiger partial charge < -0.3 is 15.0 Å². The lowest BCUT2D eigenvalue weighted by Crippen LogP contribution is -2.36. The van der Waals surface area contributed by atoms with Crippen LogP contribution in [0.5, 0.6) is 0 Å². The standard InChI is InChI=1S/C17H17FN4O/c1-12-15(21-16-4-2-3-14(18)13(16)11-19)5-6-17(20-12)22-7-9-23-10-8-22/h2-6,21H,7-10H2,1H3. The zero-order chi connectivity index (χ0) is 16.2. The average molecular weight is 312 g/mol. The van der Waals surface area contributed by atoms with Gasteiger partial charge in [0.2, 0.25) is 0 Å². The van der Waals surface area contributed by atoms with Crippen LogP contribution >= 0.6 is 0 Å². The van der Waals surface area contributed by atoms with Crippen molar-refractivity contribution >= 4 is 17.2 Å². The van der Waals surface area contributed by atoms with Crippen LogP contribution in [0.4, 0.5) is 21.6 Å². The van der Waals surface area contributed by atoms with Crippen molar-refractivity contribution in [1.29, 1.82) is 5.26 Å². The number of nitriles is 1. The minimum atomic E-state index is -0.534. The van der Waals surface area contributed by atoms with E-state index in [9.17, 15) is 4.39 Å². The molecule has 0 atom stereocenters. The second kappa shape index (κ2) is 6.63. The number of rotatable bonds is 3. The Labute approximate surface area is 134 Å². The average Bonchev–Trinajstić information content (AvgIpc) is 2.58. The van der Waals surface area contributed by atoms with Crippen molar-refractivity contribution in [3.05, 3.63) is 47.4 Å². The predicted molar refractivity (Wildman–Crippen MR) is 86.4 cm³/mol. The van der Waals surface area contributed by atoms with Crippen LogP contribution in [0, 0.1) is 24.1 Å². The van der Waals surface area contributed by atoms with Crippen LogP contribution in [0.3, 0.4) is 0 Å².